The van der Waals surface area contributed by atoms with Gasteiger partial charge in [0.1, 0.15) is 0 Å². The maximum Gasteiger partial charge on any atom is 0.228 e. The molecule has 2 aliphatic heterocycles. The Morgan fingerprint density at radius 2 is 1.00 bits per heavy atom. The van der Waals surface area contributed by atoms with Gasteiger partial charge in [-0.05, 0) is 35.1 Å². The van der Waals surface area contributed by atoms with Crippen molar-refractivity contribution >= 4 is 11.8 Å². The summed E-state index contributed by atoms with van der Waals surface area (Å²) in [5.74, 6) is 0.284. The molecule has 4 heteroatoms. The first-order valence-corrected chi connectivity index (χ1v) is 11.8. The van der Waals surface area contributed by atoms with Gasteiger partial charge in [0, 0.05) is 23.9 Å². The number of hydrogen-bond donors (Lipinski definition) is 0. The lowest BCUT2D eigenvalue weighted by Crippen LogP contribution is -2.54. The molecule has 0 spiro atoms. The number of fused-ring (bicyclic) bond motifs is 2. The number of hydrogen-bond acceptors (Lipinski definition) is 2. The van der Waals surface area contributed by atoms with E-state index in [1.165, 1.54) is 22.3 Å². The molecule has 2 aromatic carbocycles. The fourth-order valence-electron chi connectivity index (χ4n) is 5.19. The molecule has 0 bridgehead atoms. The molecule has 0 aliphatic carbocycles. The van der Waals surface area contributed by atoms with Crippen LogP contribution in [0.15, 0.2) is 48.5 Å². The van der Waals surface area contributed by atoms with Crippen LogP contribution in [0.4, 0.5) is 0 Å². The van der Waals surface area contributed by atoms with Crippen molar-refractivity contribution in [3.63, 3.8) is 0 Å². The van der Waals surface area contributed by atoms with Crippen LogP contribution in [0.1, 0.15) is 75.9 Å². The molecule has 0 saturated carbocycles. The van der Waals surface area contributed by atoms with E-state index in [1.807, 2.05) is 41.5 Å². The van der Waals surface area contributed by atoms with Gasteiger partial charge in [-0.1, -0.05) is 90.1 Å². The SMILES string of the molecule is CC(C)(C)C(=O)N1CCc2ccccc2C1C1c2ccccc2CCN1C(=O)C(C)(C)C. The number of rotatable bonds is 1. The summed E-state index contributed by atoms with van der Waals surface area (Å²) < 4.78 is 0. The summed E-state index contributed by atoms with van der Waals surface area (Å²) in [5, 5.41) is 0. The molecule has 4 rings (SSSR count). The van der Waals surface area contributed by atoms with Crippen LogP contribution in [0, 0.1) is 10.8 Å². The lowest BCUT2D eigenvalue weighted by molar-refractivity contribution is -0.151. The predicted octanol–water partition coefficient (Wildman–Crippen LogP) is 5.33. The first-order valence-electron chi connectivity index (χ1n) is 11.8. The molecule has 4 nitrogen and oxygen atoms in total. The summed E-state index contributed by atoms with van der Waals surface area (Å²) in [4.78, 5) is 31.5. The molecule has 0 fully saturated rings. The van der Waals surface area contributed by atoms with Crippen LogP contribution in [-0.4, -0.2) is 34.7 Å². The lowest BCUT2D eigenvalue weighted by atomic mass is 9.78. The monoisotopic (exact) mass is 432 g/mol. The molecular weight excluding hydrogens is 396 g/mol. The quantitative estimate of drug-likeness (QED) is 0.611. The summed E-state index contributed by atoms with van der Waals surface area (Å²) in [5.41, 5.74) is 3.92. The first-order chi connectivity index (χ1) is 15.0. The number of amides is 2. The van der Waals surface area contributed by atoms with Crippen LogP contribution < -0.4 is 0 Å². The Morgan fingerprint density at radius 1 is 0.656 bits per heavy atom. The Bertz CT molecular complexity index is 945. The molecule has 2 unspecified atom stereocenters. The van der Waals surface area contributed by atoms with Gasteiger partial charge in [0.2, 0.25) is 11.8 Å². The molecule has 32 heavy (non-hydrogen) atoms. The minimum absolute atomic E-state index is 0.142. The van der Waals surface area contributed by atoms with Crippen molar-refractivity contribution in [2.24, 2.45) is 10.8 Å². The second-order valence-corrected chi connectivity index (χ2v) is 11.3. The lowest BCUT2D eigenvalue weighted by Gasteiger charge is -2.50. The van der Waals surface area contributed by atoms with Crippen molar-refractivity contribution < 1.29 is 9.59 Å². The molecule has 2 atom stereocenters. The minimum Gasteiger partial charge on any atom is -0.332 e. The van der Waals surface area contributed by atoms with Crippen molar-refractivity contribution in [2.75, 3.05) is 13.1 Å². The van der Waals surface area contributed by atoms with Crippen LogP contribution >= 0.6 is 0 Å². The van der Waals surface area contributed by atoms with Crippen LogP contribution in [0.25, 0.3) is 0 Å². The topological polar surface area (TPSA) is 40.6 Å². The zero-order valence-corrected chi connectivity index (χ0v) is 20.3. The highest BCUT2D eigenvalue weighted by Crippen LogP contribution is 2.47. The number of benzene rings is 2. The number of carbonyl (C=O) groups is 2. The molecule has 0 radical (unpaired) electrons. The van der Waals surface area contributed by atoms with Gasteiger partial charge in [-0.2, -0.15) is 0 Å². The van der Waals surface area contributed by atoms with Gasteiger partial charge >= 0.3 is 0 Å². The van der Waals surface area contributed by atoms with E-state index >= 15 is 0 Å². The van der Waals surface area contributed by atoms with E-state index in [4.69, 9.17) is 0 Å². The standard InChI is InChI=1S/C28H36N2O2/c1-27(2,3)25(31)29-17-15-19-11-7-9-13-21(19)23(29)24-22-14-10-8-12-20(22)16-18-30(24)26(32)28(4,5)6/h7-14,23-24H,15-18H2,1-6H3. The highest BCUT2D eigenvalue weighted by atomic mass is 16.2. The molecule has 2 amide bonds. The van der Waals surface area contributed by atoms with Crippen molar-refractivity contribution in [1.29, 1.82) is 0 Å². The fraction of sp³-hybridized carbons (Fsp3) is 0.500. The van der Waals surface area contributed by atoms with Gasteiger partial charge in [-0.3, -0.25) is 9.59 Å². The second-order valence-electron chi connectivity index (χ2n) is 11.3. The zero-order chi connectivity index (χ0) is 23.3. The van der Waals surface area contributed by atoms with Crippen LogP contribution in [0.3, 0.4) is 0 Å². The Kier molecular flexibility index (Phi) is 5.68. The third-order valence-electron chi connectivity index (χ3n) is 6.77. The van der Waals surface area contributed by atoms with Crippen molar-refractivity contribution in [2.45, 2.75) is 66.5 Å². The molecule has 170 valence electrons. The Morgan fingerprint density at radius 3 is 1.34 bits per heavy atom. The summed E-state index contributed by atoms with van der Waals surface area (Å²) in [6.07, 6.45) is 1.69. The van der Waals surface area contributed by atoms with Gasteiger partial charge in [0.15, 0.2) is 0 Å². The maximum atomic E-state index is 13.7. The summed E-state index contributed by atoms with van der Waals surface area (Å²) in [6, 6.07) is 16.5. The molecular formula is C28H36N2O2. The van der Waals surface area contributed by atoms with E-state index in [1.54, 1.807) is 0 Å². The summed E-state index contributed by atoms with van der Waals surface area (Å²) >= 11 is 0. The van der Waals surface area contributed by atoms with Crippen molar-refractivity contribution in [3.8, 4) is 0 Å². The maximum absolute atomic E-state index is 13.7. The summed E-state index contributed by atoms with van der Waals surface area (Å²) in [7, 11) is 0. The fourth-order valence-corrected chi connectivity index (χ4v) is 5.19. The van der Waals surface area contributed by atoms with Gasteiger partial charge in [-0.15, -0.1) is 0 Å². The largest absolute Gasteiger partial charge is 0.332 e. The van der Waals surface area contributed by atoms with E-state index in [0.717, 1.165) is 12.8 Å². The molecule has 0 saturated heterocycles. The van der Waals surface area contributed by atoms with Gasteiger partial charge < -0.3 is 9.80 Å². The third kappa shape index (κ3) is 3.96. The second kappa shape index (κ2) is 8.06. The molecule has 2 aromatic rings. The molecule has 0 N–H and O–H groups in total. The van der Waals surface area contributed by atoms with Crippen LogP contribution in [0.2, 0.25) is 0 Å². The Hall–Kier alpha value is -2.62. The average Bonchev–Trinajstić information content (AvgIpc) is 2.75. The average molecular weight is 433 g/mol. The summed E-state index contributed by atoms with van der Waals surface area (Å²) in [6.45, 7) is 13.3. The van der Waals surface area contributed by atoms with E-state index in [-0.39, 0.29) is 23.9 Å². The molecule has 2 aliphatic rings. The van der Waals surface area contributed by atoms with Crippen LogP contribution in [-0.2, 0) is 22.4 Å². The smallest absolute Gasteiger partial charge is 0.228 e. The number of nitrogens with zero attached hydrogens (tertiary/aromatic N) is 2. The van der Waals surface area contributed by atoms with E-state index in [0.29, 0.717) is 13.1 Å². The Labute approximate surface area is 192 Å². The molecule has 2 heterocycles. The van der Waals surface area contributed by atoms with Gasteiger partial charge in [-0.25, -0.2) is 0 Å². The Balaban J connectivity index is 1.93. The third-order valence-corrected chi connectivity index (χ3v) is 6.77. The minimum atomic E-state index is -0.489. The predicted molar refractivity (Wildman–Crippen MR) is 128 cm³/mol. The van der Waals surface area contributed by atoms with Gasteiger partial charge in [0.25, 0.3) is 0 Å². The highest BCUT2D eigenvalue weighted by Gasteiger charge is 2.46. The zero-order valence-electron chi connectivity index (χ0n) is 20.3. The highest BCUT2D eigenvalue weighted by molar-refractivity contribution is 5.84. The van der Waals surface area contributed by atoms with E-state index < -0.39 is 10.8 Å². The van der Waals surface area contributed by atoms with Gasteiger partial charge in [0.05, 0.1) is 12.1 Å². The number of carbonyl (C=O) groups excluding carboxylic acids is 2. The first kappa shape index (κ1) is 22.6. The molecule has 0 aromatic heterocycles. The van der Waals surface area contributed by atoms with Crippen molar-refractivity contribution in [3.05, 3.63) is 70.8 Å². The van der Waals surface area contributed by atoms with E-state index in [9.17, 15) is 9.59 Å². The van der Waals surface area contributed by atoms with Crippen molar-refractivity contribution in [1.82, 2.24) is 9.80 Å². The normalized spacial score (nSPS) is 21.1. The van der Waals surface area contributed by atoms with E-state index in [2.05, 4.69) is 58.3 Å². The van der Waals surface area contributed by atoms with Crippen LogP contribution in [0.5, 0.6) is 0 Å².